The second-order valence-corrected chi connectivity index (χ2v) is 17.7. The highest BCUT2D eigenvalue weighted by Gasteiger charge is 2.34. The Labute approximate surface area is 317 Å². The lowest BCUT2D eigenvalue weighted by molar-refractivity contribution is 1.11. The van der Waals surface area contributed by atoms with E-state index in [-0.39, 0.29) is 0 Å². The molecule has 0 N–H and O–H groups in total. The van der Waals surface area contributed by atoms with Gasteiger partial charge in [0.1, 0.15) is 0 Å². The zero-order valence-electron chi connectivity index (χ0n) is 31.9. The maximum Gasteiger partial charge on any atom is -0.000677 e. The van der Waals surface area contributed by atoms with Gasteiger partial charge in [-0.2, -0.15) is 0 Å². The minimum absolute atomic E-state index is 0.934. The molecule has 1 heteroatoms. The molecule has 0 bridgehead atoms. The zero-order valence-corrected chi connectivity index (χ0v) is 32.8. The molecule has 0 nitrogen and oxygen atoms in total. The third-order valence-corrected chi connectivity index (χ3v) is 14.8. The van der Waals surface area contributed by atoms with Crippen LogP contribution < -0.4 is 15.9 Å². The molecular weight excluding hydrogens is 656 g/mol. The van der Waals surface area contributed by atoms with E-state index in [0.717, 1.165) is 25.7 Å². The SMILES string of the molecule is Cc1cc(C)c(Cc2ccc3c(c2P(c2ccccc2)c2c(Cc4c(C)cc(C)cc4C)ccc4c2Cc2ccccc2-4)Cc2ccccc2-3)c(C)c1. The summed E-state index contributed by atoms with van der Waals surface area (Å²) in [4.78, 5) is 0. The van der Waals surface area contributed by atoms with Crippen LogP contribution in [0.1, 0.15) is 77.9 Å². The Morgan fingerprint density at radius 3 is 1.25 bits per heavy atom. The van der Waals surface area contributed by atoms with Crippen LogP contribution in [0.4, 0.5) is 0 Å². The first kappa shape index (κ1) is 33.8. The van der Waals surface area contributed by atoms with Gasteiger partial charge in [-0.3, -0.25) is 0 Å². The van der Waals surface area contributed by atoms with Crippen LogP contribution in [0.15, 0.2) is 127 Å². The Morgan fingerprint density at radius 2 is 0.811 bits per heavy atom. The molecule has 0 atom stereocenters. The molecule has 53 heavy (non-hydrogen) atoms. The molecule has 0 saturated carbocycles. The summed E-state index contributed by atoms with van der Waals surface area (Å²) in [6.45, 7) is 13.7. The number of rotatable bonds is 7. The molecule has 0 heterocycles. The lowest BCUT2D eigenvalue weighted by atomic mass is 9.92. The van der Waals surface area contributed by atoms with Crippen molar-refractivity contribution in [2.75, 3.05) is 0 Å². The highest BCUT2D eigenvalue weighted by molar-refractivity contribution is 7.80. The third-order valence-electron chi connectivity index (χ3n) is 12.0. The van der Waals surface area contributed by atoms with Gasteiger partial charge in [0, 0.05) is 0 Å². The summed E-state index contributed by atoms with van der Waals surface area (Å²) in [7, 11) is -0.942. The van der Waals surface area contributed by atoms with Gasteiger partial charge in [0.15, 0.2) is 0 Å². The Hall–Kier alpha value is -5.03. The van der Waals surface area contributed by atoms with E-state index in [9.17, 15) is 0 Å². The molecule has 0 fully saturated rings. The minimum atomic E-state index is -0.942. The van der Waals surface area contributed by atoms with Crippen LogP contribution >= 0.6 is 7.92 Å². The molecule has 2 aliphatic rings. The maximum atomic E-state index is 2.50. The van der Waals surface area contributed by atoms with E-state index in [0.29, 0.717) is 0 Å². The third kappa shape index (κ3) is 5.89. The van der Waals surface area contributed by atoms with Crippen LogP contribution in [0.25, 0.3) is 22.3 Å². The molecule has 0 unspecified atom stereocenters. The van der Waals surface area contributed by atoms with Gasteiger partial charge in [-0.1, -0.05) is 139 Å². The van der Waals surface area contributed by atoms with Crippen molar-refractivity contribution in [3.63, 3.8) is 0 Å². The standard InChI is InChI=1S/C52H47P/c1-32-24-34(3)47(35(4)25-32)30-40-20-22-45-43-18-12-10-14-38(43)28-49(45)51(40)53(42-16-8-7-9-17-42)52-41(31-48-36(5)26-33(2)27-37(48)6)21-23-46-44-19-13-11-15-39(44)29-50(46)52/h7-27H,28-31H2,1-6H3. The van der Waals surface area contributed by atoms with E-state index in [2.05, 4.69) is 169 Å². The van der Waals surface area contributed by atoms with E-state index in [1.54, 1.807) is 10.6 Å². The number of fused-ring (bicyclic) bond motifs is 6. The maximum absolute atomic E-state index is 2.50. The van der Waals surface area contributed by atoms with Gasteiger partial charge in [-0.15, -0.1) is 0 Å². The van der Waals surface area contributed by atoms with Gasteiger partial charge in [0.2, 0.25) is 0 Å². The van der Waals surface area contributed by atoms with Crippen molar-refractivity contribution in [2.24, 2.45) is 0 Å². The Bertz CT molecular complexity index is 2360. The summed E-state index contributed by atoms with van der Waals surface area (Å²) in [5.41, 5.74) is 25.7. The first-order valence-corrected chi connectivity index (χ1v) is 20.5. The largest absolute Gasteiger partial charge is 0.0622 e. The van der Waals surface area contributed by atoms with Crippen molar-refractivity contribution >= 4 is 23.8 Å². The first-order chi connectivity index (χ1) is 25.7. The minimum Gasteiger partial charge on any atom is -0.0622 e. The summed E-state index contributed by atoms with van der Waals surface area (Å²) in [5, 5.41) is 4.58. The fourth-order valence-electron chi connectivity index (χ4n) is 9.64. The van der Waals surface area contributed by atoms with Crippen molar-refractivity contribution in [1.82, 2.24) is 0 Å². The van der Waals surface area contributed by atoms with E-state index >= 15 is 0 Å². The Kier molecular flexibility index (Phi) is 8.56. The van der Waals surface area contributed by atoms with Crippen molar-refractivity contribution in [3.8, 4) is 22.3 Å². The molecule has 7 aromatic rings. The normalized spacial score (nSPS) is 12.5. The molecule has 2 aliphatic carbocycles. The van der Waals surface area contributed by atoms with Crippen LogP contribution in [0.3, 0.4) is 0 Å². The van der Waals surface area contributed by atoms with Crippen LogP contribution in [0.5, 0.6) is 0 Å². The van der Waals surface area contributed by atoms with Gasteiger partial charge in [0.05, 0.1) is 0 Å². The molecule has 0 spiro atoms. The fourth-order valence-corrected chi connectivity index (χ4v) is 12.7. The van der Waals surface area contributed by atoms with Crippen molar-refractivity contribution in [2.45, 2.75) is 67.2 Å². The van der Waals surface area contributed by atoms with E-state index in [1.807, 2.05) is 0 Å². The predicted molar refractivity (Wildman–Crippen MR) is 229 cm³/mol. The van der Waals surface area contributed by atoms with Crippen LogP contribution in [0, 0.1) is 41.5 Å². The average molecular weight is 703 g/mol. The molecule has 9 rings (SSSR count). The highest BCUT2D eigenvalue weighted by atomic mass is 31.1. The number of hydrogen-bond acceptors (Lipinski definition) is 0. The van der Waals surface area contributed by atoms with Gasteiger partial charge < -0.3 is 0 Å². The zero-order chi connectivity index (χ0) is 36.4. The van der Waals surface area contributed by atoms with E-state index in [4.69, 9.17) is 0 Å². The highest BCUT2D eigenvalue weighted by Crippen LogP contribution is 2.48. The van der Waals surface area contributed by atoms with Crippen LogP contribution in [-0.2, 0) is 25.7 Å². The van der Waals surface area contributed by atoms with E-state index < -0.39 is 7.92 Å². The molecule has 0 aromatic heterocycles. The van der Waals surface area contributed by atoms with Gasteiger partial charge in [-0.25, -0.2) is 0 Å². The summed E-state index contributed by atoms with van der Waals surface area (Å²) < 4.78 is 0. The summed E-state index contributed by atoms with van der Waals surface area (Å²) in [5.74, 6) is 0. The van der Waals surface area contributed by atoms with Crippen molar-refractivity contribution in [3.05, 3.63) is 205 Å². The topological polar surface area (TPSA) is 0 Å². The van der Waals surface area contributed by atoms with E-state index in [1.165, 1.54) is 105 Å². The first-order valence-electron chi connectivity index (χ1n) is 19.2. The van der Waals surface area contributed by atoms with Crippen LogP contribution in [0.2, 0.25) is 0 Å². The quantitative estimate of drug-likeness (QED) is 0.145. The second-order valence-electron chi connectivity index (χ2n) is 15.6. The van der Waals surface area contributed by atoms with Crippen molar-refractivity contribution < 1.29 is 0 Å². The van der Waals surface area contributed by atoms with Gasteiger partial charge in [-0.05, 0) is 180 Å². The molecular formula is C52H47P. The molecule has 0 saturated heterocycles. The molecule has 260 valence electrons. The summed E-state index contributed by atoms with van der Waals surface area (Å²) in [6, 6.07) is 49.2. The van der Waals surface area contributed by atoms with Crippen LogP contribution in [-0.4, -0.2) is 0 Å². The number of aryl methyl sites for hydroxylation is 6. The summed E-state index contributed by atoms with van der Waals surface area (Å²) >= 11 is 0. The van der Waals surface area contributed by atoms with Gasteiger partial charge >= 0.3 is 0 Å². The average Bonchev–Trinajstić information content (AvgIpc) is 3.71. The molecule has 0 amide bonds. The molecule has 0 radical (unpaired) electrons. The second kappa shape index (κ2) is 13.4. The predicted octanol–water partition coefficient (Wildman–Crippen LogP) is 11.6. The number of hydrogen-bond donors (Lipinski definition) is 0. The summed E-state index contributed by atoms with van der Waals surface area (Å²) in [6.07, 6.45) is 3.83. The lowest BCUT2D eigenvalue weighted by Crippen LogP contribution is -2.30. The number of benzene rings is 7. The fraction of sp³-hybridized carbons (Fsp3) is 0.192. The molecule has 7 aromatic carbocycles. The Balaban J connectivity index is 1.36. The van der Waals surface area contributed by atoms with Gasteiger partial charge in [0.25, 0.3) is 0 Å². The Morgan fingerprint density at radius 1 is 0.415 bits per heavy atom. The van der Waals surface area contributed by atoms with Crippen molar-refractivity contribution in [1.29, 1.82) is 0 Å². The monoisotopic (exact) mass is 702 g/mol. The smallest absolute Gasteiger partial charge is 0.000677 e. The lowest BCUT2D eigenvalue weighted by Gasteiger charge is -2.30. The molecule has 0 aliphatic heterocycles.